The highest BCUT2D eigenvalue weighted by molar-refractivity contribution is 7.13. The van der Waals surface area contributed by atoms with Gasteiger partial charge in [-0.2, -0.15) is 5.10 Å². The Kier molecular flexibility index (Phi) is 18.7. The highest BCUT2D eigenvalue weighted by atomic mass is 32.1. The van der Waals surface area contributed by atoms with E-state index in [1.807, 2.05) is 69.7 Å². The average Bonchev–Trinajstić information content (AvgIpc) is 4.07. The zero-order valence-electron chi connectivity index (χ0n) is 38.4. The number of aliphatic hydroxyl groups is 1. The maximum atomic E-state index is 13.9. The number of aromatic nitrogens is 5. The molecule has 6 N–H and O–H groups in total. The number of nitrogens with zero attached hydrogens (tertiary/aromatic N) is 6. The first-order chi connectivity index (χ1) is 32.3. The number of phenols is 1. The number of phenolic OH excluding ortho intramolecular Hbond substituents is 1. The van der Waals surface area contributed by atoms with Gasteiger partial charge in [-0.25, -0.2) is 4.98 Å². The lowest BCUT2D eigenvalue weighted by atomic mass is 9.85. The minimum Gasteiger partial charge on any atom is -0.507 e. The normalized spacial score (nSPS) is 15.4. The fraction of sp³-hybridized carbons (Fsp3) is 0.468. The van der Waals surface area contributed by atoms with Gasteiger partial charge < -0.3 is 55.2 Å². The van der Waals surface area contributed by atoms with Gasteiger partial charge in [-0.1, -0.05) is 57.2 Å². The number of β-amino-alcohol motifs (C(OH)–C–C–N with tert-alkyl or cyclic N) is 1. The van der Waals surface area contributed by atoms with E-state index in [0.717, 1.165) is 27.3 Å². The van der Waals surface area contributed by atoms with Gasteiger partial charge >= 0.3 is 0 Å². The Balaban J connectivity index is 0.785. The molecule has 3 atom stereocenters. The van der Waals surface area contributed by atoms with Crippen LogP contribution in [0.3, 0.4) is 0 Å². The van der Waals surface area contributed by atoms with Gasteiger partial charge in [0, 0.05) is 42.4 Å². The van der Waals surface area contributed by atoms with Crippen molar-refractivity contribution in [2.75, 3.05) is 78.3 Å². The highest BCUT2D eigenvalue weighted by Gasteiger charge is 2.44. The molecule has 360 valence electrons. The van der Waals surface area contributed by atoms with Gasteiger partial charge in [0.15, 0.2) is 5.82 Å². The van der Waals surface area contributed by atoms with Crippen LogP contribution in [0.1, 0.15) is 38.4 Å². The van der Waals surface area contributed by atoms with Crippen LogP contribution in [-0.2, 0) is 51.2 Å². The smallest absolute Gasteiger partial charge is 0.246 e. The molecular weight excluding hydrogens is 883 g/mol. The number of aliphatic hydroxyl groups excluding tert-OH is 1. The molecule has 19 nitrogen and oxygen atoms in total. The number of amides is 3. The lowest BCUT2D eigenvalue weighted by molar-refractivity contribution is -0.144. The molecule has 67 heavy (non-hydrogen) atoms. The number of aryl methyl sites for hydroxylation is 1. The summed E-state index contributed by atoms with van der Waals surface area (Å²) in [4.78, 5) is 47.0. The third kappa shape index (κ3) is 14.8. The fourth-order valence-electron chi connectivity index (χ4n) is 7.26. The molecule has 5 aromatic rings. The number of rotatable bonds is 25. The van der Waals surface area contributed by atoms with E-state index in [2.05, 4.69) is 30.9 Å². The second kappa shape index (κ2) is 24.8. The van der Waals surface area contributed by atoms with Crippen LogP contribution in [0, 0.1) is 12.3 Å². The van der Waals surface area contributed by atoms with E-state index >= 15 is 0 Å². The topological polar surface area (TPSA) is 248 Å². The maximum Gasteiger partial charge on any atom is 0.246 e. The van der Waals surface area contributed by atoms with E-state index in [1.54, 1.807) is 46.5 Å². The molecule has 0 spiro atoms. The van der Waals surface area contributed by atoms with Crippen molar-refractivity contribution in [2.24, 2.45) is 5.41 Å². The van der Waals surface area contributed by atoms with E-state index < -0.39 is 35.4 Å². The molecule has 1 aliphatic heterocycles. The second-order valence-corrected chi connectivity index (χ2v) is 17.8. The minimum absolute atomic E-state index is 0.0191. The van der Waals surface area contributed by atoms with Crippen molar-refractivity contribution in [1.29, 1.82) is 0 Å². The Morgan fingerprint density at radius 2 is 1.54 bits per heavy atom. The summed E-state index contributed by atoms with van der Waals surface area (Å²) < 4.78 is 29.6. The number of thiazole rings is 1. The summed E-state index contributed by atoms with van der Waals surface area (Å²) in [5.41, 5.74) is 12.6. The Bertz CT molecular complexity index is 2370. The minimum atomic E-state index is -0.967. The van der Waals surface area contributed by atoms with Gasteiger partial charge in [0.25, 0.3) is 0 Å². The van der Waals surface area contributed by atoms with E-state index in [-0.39, 0.29) is 56.8 Å². The van der Waals surface area contributed by atoms with E-state index in [4.69, 9.17) is 29.4 Å². The quantitative estimate of drug-likeness (QED) is 0.0525. The molecule has 1 aliphatic rings. The third-order valence-corrected chi connectivity index (χ3v) is 11.8. The van der Waals surface area contributed by atoms with Crippen molar-refractivity contribution >= 4 is 34.9 Å². The number of nitrogen functional groups attached to an aromatic ring is 1. The van der Waals surface area contributed by atoms with Crippen LogP contribution in [0.5, 0.6) is 5.75 Å². The summed E-state index contributed by atoms with van der Waals surface area (Å²) >= 11 is 1.57. The molecule has 1 saturated heterocycles. The van der Waals surface area contributed by atoms with E-state index in [0.29, 0.717) is 69.6 Å². The predicted octanol–water partition coefficient (Wildman–Crippen LogP) is 3.62. The van der Waals surface area contributed by atoms with Crippen LogP contribution in [0.15, 0.2) is 72.5 Å². The van der Waals surface area contributed by atoms with Crippen LogP contribution >= 0.6 is 11.3 Å². The number of nitrogens with one attached hydrogen (secondary N) is 2. The number of anilines is 1. The second-order valence-electron chi connectivity index (χ2n) is 17.0. The molecule has 0 unspecified atom stereocenters. The highest BCUT2D eigenvalue weighted by Crippen LogP contribution is 2.32. The van der Waals surface area contributed by atoms with Crippen molar-refractivity contribution in [3.8, 4) is 38.6 Å². The number of hydrogen-bond donors (Lipinski definition) is 5. The van der Waals surface area contributed by atoms with Gasteiger partial charge in [0.2, 0.25) is 17.7 Å². The van der Waals surface area contributed by atoms with E-state index in [9.17, 15) is 24.6 Å². The van der Waals surface area contributed by atoms with Crippen LogP contribution in [0.4, 0.5) is 5.82 Å². The number of hydrogen-bond acceptors (Lipinski definition) is 16. The summed E-state index contributed by atoms with van der Waals surface area (Å²) in [5.74, 6) is -0.949. The van der Waals surface area contributed by atoms with Crippen LogP contribution < -0.4 is 16.4 Å². The number of nitrogens with two attached hydrogens (primary N) is 1. The van der Waals surface area contributed by atoms with Crippen molar-refractivity contribution in [2.45, 2.75) is 65.4 Å². The zero-order chi connectivity index (χ0) is 47.8. The molecule has 0 saturated carbocycles. The van der Waals surface area contributed by atoms with Crippen molar-refractivity contribution in [3.63, 3.8) is 0 Å². The number of carbonyl (C=O) groups is 3. The maximum absolute atomic E-state index is 13.9. The Morgan fingerprint density at radius 3 is 2.18 bits per heavy atom. The number of benzene rings is 2. The molecule has 0 aliphatic carbocycles. The largest absolute Gasteiger partial charge is 0.507 e. The lowest BCUT2D eigenvalue weighted by Crippen LogP contribution is -2.58. The van der Waals surface area contributed by atoms with Crippen molar-refractivity contribution in [1.82, 2.24) is 40.5 Å². The third-order valence-electron chi connectivity index (χ3n) is 10.8. The van der Waals surface area contributed by atoms with Gasteiger partial charge in [0.1, 0.15) is 24.4 Å². The summed E-state index contributed by atoms with van der Waals surface area (Å²) in [7, 11) is 0. The van der Waals surface area contributed by atoms with Gasteiger partial charge in [-0.3, -0.25) is 19.1 Å². The Morgan fingerprint density at radius 1 is 0.881 bits per heavy atom. The molecular formula is C47H61N9O10S. The SMILES string of the molecule is Cc1ncsc1-c1ccc(CNC(=O)[C@@H]2C[C@@H](O)CN2C(=O)[C@@H](NC(=O)COCCOCCOCCOCCOCCn2cc(-c3cc(-c4ccccc4O)nnc3N)cn2)C(C)(C)C)cc1. The summed E-state index contributed by atoms with van der Waals surface area (Å²) in [6.07, 6.45) is 2.76. The molecule has 1 fully saturated rings. The number of aromatic hydroxyl groups is 1. The zero-order valence-corrected chi connectivity index (χ0v) is 39.2. The first kappa shape index (κ1) is 50.5. The summed E-state index contributed by atoms with van der Waals surface area (Å²) in [6, 6.07) is 14.7. The van der Waals surface area contributed by atoms with Crippen molar-refractivity contribution < 1.29 is 48.3 Å². The fourth-order valence-corrected chi connectivity index (χ4v) is 8.08. The van der Waals surface area contributed by atoms with Crippen LogP contribution in [0.2, 0.25) is 0 Å². The summed E-state index contributed by atoms with van der Waals surface area (Å²) in [6.45, 7) is 11.0. The summed E-state index contributed by atoms with van der Waals surface area (Å²) in [5, 5.41) is 39.0. The standard InChI is InChI=1S/C47H61N9O10S/c1-31-42(67-30-50-31)33-11-9-32(10-12-33)25-49-45(60)39-23-35(57)28-56(39)46(61)43(47(2,3)4)52-41(59)29-66-22-21-65-20-19-64-18-17-63-16-15-62-14-13-55-27-34(26-51-55)37-24-38(53-54-44(37)48)36-7-5-6-8-40(36)58/h5-12,24,26-27,30,35,39,43,57-58H,13-23,25,28-29H2,1-4H3,(H2,48,54)(H,49,60)(H,52,59)/t35-,39+,43-/m1/s1. The van der Waals surface area contributed by atoms with Crippen LogP contribution in [-0.4, -0.2) is 149 Å². The van der Waals surface area contributed by atoms with Crippen molar-refractivity contribution in [3.05, 3.63) is 83.8 Å². The Labute approximate surface area is 393 Å². The molecule has 20 heteroatoms. The van der Waals surface area contributed by atoms with Gasteiger partial charge in [-0.15, -0.1) is 21.5 Å². The first-order valence-corrected chi connectivity index (χ1v) is 23.0. The molecule has 6 rings (SSSR count). The average molecular weight is 944 g/mol. The number of para-hydroxylation sites is 1. The molecule has 0 bridgehead atoms. The number of ether oxygens (including phenoxy) is 5. The molecule has 0 radical (unpaired) electrons. The Hall–Kier alpha value is -5.87. The number of likely N-dealkylation sites (tertiary alicyclic amines) is 1. The monoisotopic (exact) mass is 943 g/mol. The van der Waals surface area contributed by atoms with Gasteiger partial charge in [-0.05, 0) is 41.7 Å². The predicted molar refractivity (Wildman–Crippen MR) is 251 cm³/mol. The van der Waals surface area contributed by atoms with Gasteiger partial charge in [0.05, 0.1) is 100 Å². The van der Waals surface area contributed by atoms with E-state index in [1.165, 1.54) is 4.90 Å². The lowest BCUT2D eigenvalue weighted by Gasteiger charge is -2.35. The molecule has 3 aromatic heterocycles. The van der Waals surface area contributed by atoms with Crippen LogP contribution in [0.25, 0.3) is 32.8 Å². The first-order valence-electron chi connectivity index (χ1n) is 22.2. The molecule has 2 aromatic carbocycles. The number of carbonyl (C=O) groups excluding carboxylic acids is 3. The molecule has 3 amide bonds. The molecule has 4 heterocycles.